The van der Waals surface area contributed by atoms with Gasteiger partial charge in [-0.05, 0) is 26.8 Å². The van der Waals surface area contributed by atoms with E-state index in [2.05, 4.69) is 4.98 Å². The van der Waals surface area contributed by atoms with Crippen molar-refractivity contribution in [2.45, 2.75) is 32.8 Å². The monoisotopic (exact) mass is 441 g/mol. The summed E-state index contributed by atoms with van der Waals surface area (Å²) in [4.78, 5) is 27.0. The van der Waals surface area contributed by atoms with Crippen molar-refractivity contribution < 1.29 is 33.6 Å². The number of pyridine rings is 1. The number of nitrogens with two attached hydrogens (primary N) is 2. The fourth-order valence-electron chi connectivity index (χ4n) is 2.99. The average Bonchev–Trinajstić information content (AvgIpc) is 2.68. The van der Waals surface area contributed by atoms with E-state index in [9.17, 15) is 20.0 Å². The summed E-state index contributed by atoms with van der Waals surface area (Å²) >= 11 is 0. The largest absolute Gasteiger partial charge is 0.546 e. The number of fused-ring (bicyclic) bond motifs is 2. The number of benzene rings is 1. The highest BCUT2D eigenvalue weighted by atomic mass is 16.6. The quantitative estimate of drug-likeness (QED) is 0.512. The molecule has 0 atom stereocenters. The van der Waals surface area contributed by atoms with Crippen LogP contribution in [0.1, 0.15) is 37.5 Å². The van der Waals surface area contributed by atoms with Crippen LogP contribution in [0.5, 0.6) is 23.1 Å². The van der Waals surface area contributed by atoms with E-state index in [1.54, 1.807) is 20.8 Å². The van der Waals surface area contributed by atoms with Crippen LogP contribution in [0.15, 0.2) is 12.1 Å². The summed E-state index contributed by atoms with van der Waals surface area (Å²) in [6.07, 6.45) is 0.224. The number of carboxylic acids is 1. The second-order valence-corrected chi connectivity index (χ2v) is 7.90. The Hall–Kier alpha value is -4.20. The second kappa shape index (κ2) is 8.50. The first-order chi connectivity index (χ1) is 15.0. The van der Waals surface area contributed by atoms with Crippen LogP contribution in [-0.4, -0.2) is 35.7 Å². The highest BCUT2D eigenvalue weighted by molar-refractivity contribution is 5.74. The number of nitriles is 1. The molecule has 2 heterocycles. The number of hydrogen-bond acceptors (Lipinski definition) is 11. The fraction of sp³-hybridized carbons (Fsp3) is 0.333. The highest BCUT2D eigenvalue weighted by Gasteiger charge is 2.27. The van der Waals surface area contributed by atoms with Crippen molar-refractivity contribution in [3.05, 3.63) is 28.8 Å². The van der Waals surface area contributed by atoms with Crippen molar-refractivity contribution >= 4 is 23.4 Å². The van der Waals surface area contributed by atoms with E-state index in [1.165, 1.54) is 12.1 Å². The molecule has 1 aromatic carbocycles. The molecule has 1 aromatic heterocycles. The summed E-state index contributed by atoms with van der Waals surface area (Å²) in [7, 11) is 0. The molecule has 0 bridgehead atoms. The summed E-state index contributed by atoms with van der Waals surface area (Å²) in [6.45, 7) is 3.96. The molecule has 11 nitrogen and oxygen atoms in total. The lowest BCUT2D eigenvalue weighted by Crippen LogP contribution is -2.29. The summed E-state index contributed by atoms with van der Waals surface area (Å²) in [5.74, 6) is -1.62. The summed E-state index contributed by atoms with van der Waals surface area (Å²) in [5, 5.41) is 20.1. The molecule has 1 aliphatic rings. The number of esters is 1. The Morgan fingerprint density at radius 1 is 1.22 bits per heavy atom. The summed E-state index contributed by atoms with van der Waals surface area (Å²) in [5.41, 5.74) is 12.4. The van der Waals surface area contributed by atoms with Gasteiger partial charge < -0.3 is 40.3 Å². The molecule has 0 saturated carbocycles. The van der Waals surface area contributed by atoms with Gasteiger partial charge in [0.15, 0.2) is 18.1 Å². The van der Waals surface area contributed by atoms with Gasteiger partial charge in [0.25, 0.3) is 0 Å². The van der Waals surface area contributed by atoms with Gasteiger partial charge >= 0.3 is 5.97 Å². The zero-order chi connectivity index (χ0) is 23.6. The molecule has 4 N–H and O–H groups in total. The van der Waals surface area contributed by atoms with E-state index >= 15 is 0 Å². The van der Waals surface area contributed by atoms with Crippen LogP contribution in [-0.2, 0) is 20.7 Å². The maximum atomic E-state index is 12.0. The van der Waals surface area contributed by atoms with Gasteiger partial charge in [0, 0.05) is 23.6 Å². The van der Waals surface area contributed by atoms with E-state index in [0.29, 0.717) is 16.9 Å². The normalized spacial score (nSPS) is 11.9. The van der Waals surface area contributed by atoms with Crippen molar-refractivity contribution in [1.82, 2.24) is 4.98 Å². The van der Waals surface area contributed by atoms with Crippen LogP contribution in [0.4, 0.5) is 11.5 Å². The van der Waals surface area contributed by atoms with Gasteiger partial charge in [0.2, 0.25) is 5.88 Å². The Labute approximate surface area is 183 Å². The number of rotatable bonds is 6. The van der Waals surface area contributed by atoms with Gasteiger partial charge in [-0.25, -0.2) is 4.79 Å². The molecule has 0 amide bonds. The number of hydrogen-bond donors (Lipinski definition) is 2. The maximum absolute atomic E-state index is 12.0. The van der Waals surface area contributed by atoms with Gasteiger partial charge in [0.1, 0.15) is 35.4 Å². The molecular formula is C21H21N4O7-. The topological polar surface area (TPSA) is 183 Å². The van der Waals surface area contributed by atoms with Crippen LogP contribution < -0.4 is 30.8 Å². The number of carbonyl (C=O) groups excluding carboxylic acids is 2. The molecule has 168 valence electrons. The molecule has 2 aromatic rings. The number of carbonyl (C=O) groups is 2. The van der Waals surface area contributed by atoms with E-state index in [-0.39, 0.29) is 40.9 Å². The predicted molar refractivity (Wildman–Crippen MR) is 109 cm³/mol. The summed E-state index contributed by atoms with van der Waals surface area (Å²) in [6, 6.07) is 4.83. The van der Waals surface area contributed by atoms with E-state index in [4.69, 9.17) is 30.4 Å². The van der Waals surface area contributed by atoms with Gasteiger partial charge in [-0.2, -0.15) is 10.2 Å². The van der Waals surface area contributed by atoms with E-state index in [0.717, 1.165) is 0 Å². The van der Waals surface area contributed by atoms with E-state index in [1.807, 2.05) is 6.07 Å². The lowest BCUT2D eigenvalue weighted by atomic mass is 9.98. The molecule has 1 aliphatic heterocycles. The van der Waals surface area contributed by atoms with E-state index < -0.39 is 30.8 Å². The number of aromatic nitrogens is 1. The van der Waals surface area contributed by atoms with Gasteiger partial charge in [-0.15, -0.1) is 0 Å². The molecule has 0 fully saturated rings. The number of ether oxygens (including phenoxy) is 4. The third-order valence-electron chi connectivity index (χ3n) is 4.25. The standard InChI is InChI=1S/C21H22N4O7/c1-21(2,3)32-17(28)9-30-14-5-10-4-11-18(23)12(7-22)19(24)25-20(11)31-13(10)6-15(14)29-8-16(26)27/h5-6H,4,8-9H2,1-3H3,(H,26,27)(H4,23,24,25)/p-1. The van der Waals surface area contributed by atoms with Gasteiger partial charge in [-0.1, -0.05) is 0 Å². The van der Waals surface area contributed by atoms with Crippen molar-refractivity contribution in [3.8, 4) is 29.2 Å². The number of carboxylic acid groups (broad SMARTS) is 1. The SMILES string of the molecule is CC(C)(C)OC(=O)COc1cc2c(cc1OCC(=O)[O-])Oc1nc(N)c(C#N)c(N)c1C2. The van der Waals surface area contributed by atoms with Crippen molar-refractivity contribution in [1.29, 1.82) is 5.26 Å². The molecule has 0 aliphatic carbocycles. The zero-order valence-electron chi connectivity index (χ0n) is 17.7. The van der Waals surface area contributed by atoms with Crippen LogP contribution in [0.25, 0.3) is 0 Å². The molecule has 3 rings (SSSR count). The minimum Gasteiger partial charge on any atom is -0.546 e. The van der Waals surface area contributed by atoms with Crippen molar-refractivity contribution in [3.63, 3.8) is 0 Å². The first kappa shape index (κ1) is 22.5. The number of nitrogen functional groups attached to an aromatic ring is 2. The smallest absolute Gasteiger partial charge is 0.344 e. The third kappa shape index (κ3) is 4.92. The lowest BCUT2D eigenvalue weighted by Gasteiger charge is -2.24. The Balaban J connectivity index is 1.94. The first-order valence-corrected chi connectivity index (χ1v) is 9.48. The van der Waals surface area contributed by atoms with Crippen LogP contribution in [0.2, 0.25) is 0 Å². The minimum absolute atomic E-state index is 0.00884. The molecule has 0 radical (unpaired) electrons. The third-order valence-corrected chi connectivity index (χ3v) is 4.25. The van der Waals surface area contributed by atoms with Crippen LogP contribution in [0.3, 0.4) is 0 Å². The molecule has 0 unspecified atom stereocenters. The molecule has 32 heavy (non-hydrogen) atoms. The Morgan fingerprint density at radius 2 is 1.88 bits per heavy atom. The van der Waals surface area contributed by atoms with Crippen LogP contribution >= 0.6 is 0 Å². The maximum Gasteiger partial charge on any atom is 0.344 e. The Kier molecular flexibility index (Phi) is 5.98. The average molecular weight is 441 g/mol. The minimum atomic E-state index is -1.45. The second-order valence-electron chi connectivity index (χ2n) is 7.90. The Morgan fingerprint density at radius 3 is 2.50 bits per heavy atom. The molecule has 11 heteroatoms. The molecule has 0 saturated heterocycles. The number of nitrogens with zero attached hydrogens (tertiary/aromatic N) is 2. The van der Waals surface area contributed by atoms with Gasteiger partial charge in [-0.3, -0.25) is 0 Å². The zero-order valence-corrected chi connectivity index (χ0v) is 17.7. The fourth-order valence-corrected chi connectivity index (χ4v) is 2.99. The predicted octanol–water partition coefficient (Wildman–Crippen LogP) is 0.663. The first-order valence-electron chi connectivity index (χ1n) is 9.48. The Bertz CT molecular complexity index is 1130. The van der Waals surface area contributed by atoms with Crippen molar-refractivity contribution in [2.24, 2.45) is 0 Å². The lowest BCUT2D eigenvalue weighted by molar-refractivity contribution is -0.307. The van der Waals surface area contributed by atoms with Gasteiger partial charge in [0.05, 0.1) is 11.7 Å². The number of aliphatic carboxylic acids is 1. The van der Waals surface area contributed by atoms with Crippen molar-refractivity contribution in [2.75, 3.05) is 24.7 Å². The molecule has 0 spiro atoms. The number of anilines is 2. The van der Waals surface area contributed by atoms with Crippen LogP contribution in [0, 0.1) is 11.3 Å². The molecular weight excluding hydrogens is 420 g/mol. The summed E-state index contributed by atoms with van der Waals surface area (Å²) < 4.78 is 21.7. The highest BCUT2D eigenvalue weighted by Crippen LogP contribution is 2.44.